The SMILES string of the molecule is CCOC(=O)N1CCN(C(=O)c2ccc(C)c(Nc3nccc(-c4cccnc4)n3)c2)CC1. The van der Waals surface area contributed by atoms with E-state index in [0.29, 0.717) is 44.3 Å². The summed E-state index contributed by atoms with van der Waals surface area (Å²) in [6.07, 6.45) is 4.82. The van der Waals surface area contributed by atoms with Crippen LogP contribution in [-0.4, -0.2) is 69.5 Å². The molecule has 0 saturated carbocycles. The third-order valence-corrected chi connectivity index (χ3v) is 5.44. The molecular weight excluding hydrogens is 420 g/mol. The Balaban J connectivity index is 1.46. The maximum absolute atomic E-state index is 13.1. The molecule has 4 rings (SSSR count). The van der Waals surface area contributed by atoms with E-state index in [2.05, 4.69) is 20.3 Å². The van der Waals surface area contributed by atoms with Crippen LogP contribution >= 0.6 is 0 Å². The van der Waals surface area contributed by atoms with Gasteiger partial charge in [-0.2, -0.15) is 0 Å². The zero-order valence-electron chi connectivity index (χ0n) is 18.7. The summed E-state index contributed by atoms with van der Waals surface area (Å²) in [6, 6.07) is 11.1. The van der Waals surface area contributed by atoms with Crippen molar-refractivity contribution in [2.24, 2.45) is 0 Å². The molecule has 0 atom stereocenters. The van der Waals surface area contributed by atoms with Gasteiger partial charge in [-0.15, -0.1) is 0 Å². The summed E-state index contributed by atoms with van der Waals surface area (Å²) in [4.78, 5) is 41.4. The van der Waals surface area contributed by atoms with Crippen LogP contribution in [0.3, 0.4) is 0 Å². The first-order chi connectivity index (χ1) is 16.0. The van der Waals surface area contributed by atoms with Crippen molar-refractivity contribution in [3.63, 3.8) is 0 Å². The molecule has 1 aromatic carbocycles. The fraction of sp³-hybridized carbons (Fsp3) is 0.292. The van der Waals surface area contributed by atoms with Gasteiger partial charge in [-0.05, 0) is 49.7 Å². The molecule has 0 aliphatic carbocycles. The van der Waals surface area contributed by atoms with Crippen molar-refractivity contribution in [2.75, 3.05) is 38.1 Å². The summed E-state index contributed by atoms with van der Waals surface area (Å²) in [5.74, 6) is 0.360. The molecule has 170 valence electrons. The molecule has 3 heterocycles. The van der Waals surface area contributed by atoms with Gasteiger partial charge in [-0.25, -0.2) is 14.8 Å². The number of nitrogens with one attached hydrogen (secondary N) is 1. The average Bonchev–Trinajstić information content (AvgIpc) is 2.86. The molecule has 2 amide bonds. The van der Waals surface area contributed by atoms with Crippen LogP contribution in [0.5, 0.6) is 0 Å². The van der Waals surface area contributed by atoms with Crippen molar-refractivity contribution in [1.82, 2.24) is 24.8 Å². The Hall–Kier alpha value is -4.01. The molecule has 1 saturated heterocycles. The number of aromatic nitrogens is 3. The Bertz CT molecular complexity index is 1130. The van der Waals surface area contributed by atoms with Gasteiger partial charge in [0.2, 0.25) is 5.95 Å². The van der Waals surface area contributed by atoms with Gasteiger partial charge in [0.1, 0.15) is 0 Å². The monoisotopic (exact) mass is 446 g/mol. The number of benzene rings is 1. The summed E-state index contributed by atoms with van der Waals surface area (Å²) < 4.78 is 5.04. The van der Waals surface area contributed by atoms with Gasteiger partial charge in [-0.1, -0.05) is 6.07 Å². The Labute approximate surface area is 192 Å². The molecule has 3 aromatic rings. The minimum absolute atomic E-state index is 0.0772. The molecule has 1 N–H and O–H groups in total. The highest BCUT2D eigenvalue weighted by atomic mass is 16.6. The second-order valence-electron chi connectivity index (χ2n) is 7.64. The second-order valence-corrected chi connectivity index (χ2v) is 7.64. The fourth-order valence-corrected chi connectivity index (χ4v) is 3.59. The van der Waals surface area contributed by atoms with Gasteiger partial charge >= 0.3 is 6.09 Å². The van der Waals surface area contributed by atoms with E-state index >= 15 is 0 Å². The van der Waals surface area contributed by atoms with Gasteiger partial charge in [0.15, 0.2) is 0 Å². The number of rotatable bonds is 5. The number of hydrogen-bond acceptors (Lipinski definition) is 7. The molecule has 1 fully saturated rings. The molecule has 0 radical (unpaired) electrons. The van der Waals surface area contributed by atoms with E-state index in [0.717, 1.165) is 22.5 Å². The van der Waals surface area contributed by atoms with Crippen LogP contribution in [0.1, 0.15) is 22.8 Å². The third-order valence-electron chi connectivity index (χ3n) is 5.44. The molecule has 0 bridgehead atoms. The van der Waals surface area contributed by atoms with E-state index < -0.39 is 0 Å². The highest BCUT2D eigenvalue weighted by molar-refractivity contribution is 5.95. The number of anilines is 2. The highest BCUT2D eigenvalue weighted by Crippen LogP contribution is 2.23. The molecule has 1 aliphatic rings. The predicted molar refractivity (Wildman–Crippen MR) is 124 cm³/mol. The van der Waals surface area contributed by atoms with Gasteiger partial charge in [-0.3, -0.25) is 9.78 Å². The maximum Gasteiger partial charge on any atom is 0.409 e. The number of pyridine rings is 1. The summed E-state index contributed by atoms with van der Waals surface area (Å²) in [5, 5.41) is 3.23. The van der Waals surface area contributed by atoms with E-state index in [1.807, 2.05) is 43.3 Å². The molecule has 0 spiro atoms. The lowest BCUT2D eigenvalue weighted by molar-refractivity contribution is 0.0570. The first-order valence-electron chi connectivity index (χ1n) is 10.9. The molecular formula is C24H26N6O3. The van der Waals surface area contributed by atoms with Gasteiger partial charge in [0.25, 0.3) is 5.91 Å². The fourth-order valence-electron chi connectivity index (χ4n) is 3.59. The van der Waals surface area contributed by atoms with Gasteiger partial charge in [0.05, 0.1) is 12.3 Å². The quantitative estimate of drug-likeness (QED) is 0.640. The second kappa shape index (κ2) is 10.1. The largest absolute Gasteiger partial charge is 0.450 e. The van der Waals surface area contributed by atoms with E-state index in [4.69, 9.17) is 4.74 Å². The van der Waals surface area contributed by atoms with Crippen molar-refractivity contribution in [3.8, 4) is 11.3 Å². The maximum atomic E-state index is 13.1. The molecule has 2 aromatic heterocycles. The number of aryl methyl sites for hydroxylation is 1. The van der Waals surface area contributed by atoms with Crippen molar-refractivity contribution in [1.29, 1.82) is 0 Å². The Morgan fingerprint density at radius 1 is 1.06 bits per heavy atom. The summed E-state index contributed by atoms with van der Waals surface area (Å²) in [7, 11) is 0. The topological polar surface area (TPSA) is 101 Å². The van der Waals surface area contributed by atoms with Crippen LogP contribution in [0, 0.1) is 6.92 Å². The normalized spacial score (nSPS) is 13.5. The van der Waals surface area contributed by atoms with Crippen LogP contribution in [0.4, 0.5) is 16.4 Å². The predicted octanol–water partition coefficient (Wildman–Crippen LogP) is 3.50. The minimum atomic E-state index is -0.333. The average molecular weight is 447 g/mol. The zero-order chi connectivity index (χ0) is 23.2. The molecule has 9 heteroatoms. The number of amides is 2. The number of hydrogen-bond donors (Lipinski definition) is 1. The molecule has 1 aliphatic heterocycles. The lowest BCUT2D eigenvalue weighted by atomic mass is 10.1. The first-order valence-corrected chi connectivity index (χ1v) is 10.9. The first kappa shape index (κ1) is 22.2. The summed E-state index contributed by atoms with van der Waals surface area (Å²) in [6.45, 7) is 5.91. The van der Waals surface area contributed by atoms with E-state index in [9.17, 15) is 9.59 Å². The number of carbonyl (C=O) groups excluding carboxylic acids is 2. The number of piperazine rings is 1. The van der Waals surface area contributed by atoms with Crippen LogP contribution in [0.2, 0.25) is 0 Å². The van der Waals surface area contributed by atoms with Crippen LogP contribution in [0.15, 0.2) is 55.0 Å². The number of ether oxygens (including phenoxy) is 1. The van der Waals surface area contributed by atoms with E-state index in [1.54, 1.807) is 35.3 Å². The Morgan fingerprint density at radius 2 is 1.85 bits per heavy atom. The number of nitrogens with zero attached hydrogens (tertiary/aromatic N) is 5. The summed E-state index contributed by atoms with van der Waals surface area (Å²) in [5.41, 5.74) is 3.94. The lowest BCUT2D eigenvalue weighted by Gasteiger charge is -2.34. The van der Waals surface area contributed by atoms with Gasteiger partial charge < -0.3 is 19.9 Å². The summed E-state index contributed by atoms with van der Waals surface area (Å²) >= 11 is 0. The minimum Gasteiger partial charge on any atom is -0.450 e. The third kappa shape index (κ3) is 5.25. The van der Waals surface area contributed by atoms with E-state index in [-0.39, 0.29) is 12.0 Å². The van der Waals surface area contributed by atoms with Crippen molar-refractivity contribution in [2.45, 2.75) is 13.8 Å². The van der Waals surface area contributed by atoms with Crippen LogP contribution < -0.4 is 5.32 Å². The highest BCUT2D eigenvalue weighted by Gasteiger charge is 2.25. The van der Waals surface area contributed by atoms with Crippen molar-refractivity contribution >= 4 is 23.6 Å². The lowest BCUT2D eigenvalue weighted by Crippen LogP contribution is -2.50. The van der Waals surface area contributed by atoms with E-state index in [1.165, 1.54) is 0 Å². The van der Waals surface area contributed by atoms with Crippen LogP contribution in [-0.2, 0) is 4.74 Å². The Morgan fingerprint density at radius 3 is 2.58 bits per heavy atom. The number of carbonyl (C=O) groups is 2. The van der Waals surface area contributed by atoms with Gasteiger partial charge in [0, 0.05) is 61.6 Å². The Kier molecular flexibility index (Phi) is 6.77. The standard InChI is InChI=1S/C24H26N6O3/c1-3-33-24(32)30-13-11-29(12-14-30)22(31)18-7-6-17(2)21(15-18)28-23-26-10-8-20(27-23)19-5-4-9-25-16-19/h4-10,15-16H,3,11-14H2,1-2H3,(H,26,27,28). The van der Waals surface area contributed by atoms with Crippen molar-refractivity contribution in [3.05, 3.63) is 66.1 Å². The molecule has 0 unspecified atom stereocenters. The molecule has 9 nitrogen and oxygen atoms in total. The smallest absolute Gasteiger partial charge is 0.409 e. The van der Waals surface area contributed by atoms with Crippen LogP contribution in [0.25, 0.3) is 11.3 Å². The molecule has 33 heavy (non-hydrogen) atoms. The zero-order valence-corrected chi connectivity index (χ0v) is 18.7. The van der Waals surface area contributed by atoms with Crippen molar-refractivity contribution < 1.29 is 14.3 Å².